The standard InChI is InChI=1S/C18H25N3O4/c1-5-21-9-15(19-20-21)11-25-16(18(3,4)17(23)24)13-7-6-12(2)14(8-13)10-22/h6-9,16,22H,5,10-11H2,1-4H3,(H,23,24). The van der Waals surface area contributed by atoms with E-state index >= 15 is 0 Å². The van der Waals surface area contributed by atoms with Crippen LogP contribution in [0.5, 0.6) is 0 Å². The molecule has 0 radical (unpaired) electrons. The number of aliphatic carboxylic acids is 1. The Morgan fingerprint density at radius 2 is 2.12 bits per heavy atom. The van der Waals surface area contributed by atoms with E-state index in [1.165, 1.54) is 0 Å². The molecule has 7 heteroatoms. The SMILES string of the molecule is CCn1cc(COC(c2ccc(C)c(CO)c2)C(C)(C)C(=O)O)nn1. The first-order chi connectivity index (χ1) is 11.8. The van der Waals surface area contributed by atoms with Crippen molar-refractivity contribution in [2.45, 2.75) is 53.6 Å². The normalized spacial score (nSPS) is 13.0. The average molecular weight is 347 g/mol. The molecule has 0 aliphatic heterocycles. The van der Waals surface area contributed by atoms with Gasteiger partial charge in [0.1, 0.15) is 5.69 Å². The summed E-state index contributed by atoms with van der Waals surface area (Å²) in [4.78, 5) is 11.8. The summed E-state index contributed by atoms with van der Waals surface area (Å²) in [5.41, 5.74) is 1.91. The number of carbonyl (C=O) groups is 1. The van der Waals surface area contributed by atoms with Gasteiger partial charge in [0.25, 0.3) is 0 Å². The van der Waals surface area contributed by atoms with Crippen LogP contribution in [0, 0.1) is 12.3 Å². The van der Waals surface area contributed by atoms with Crippen molar-refractivity contribution in [2.24, 2.45) is 5.41 Å². The van der Waals surface area contributed by atoms with Crippen LogP contribution in [0.15, 0.2) is 24.4 Å². The third-order valence-corrected chi connectivity index (χ3v) is 4.36. The van der Waals surface area contributed by atoms with Gasteiger partial charge in [0.2, 0.25) is 0 Å². The van der Waals surface area contributed by atoms with Gasteiger partial charge in [0.05, 0.1) is 30.9 Å². The van der Waals surface area contributed by atoms with E-state index < -0.39 is 17.5 Å². The Labute approximate surface area is 147 Å². The number of aliphatic hydroxyl groups is 1. The number of carboxylic acid groups (broad SMARTS) is 1. The van der Waals surface area contributed by atoms with E-state index in [1.807, 2.05) is 26.0 Å². The highest BCUT2D eigenvalue weighted by atomic mass is 16.5. The number of aliphatic hydroxyl groups excluding tert-OH is 1. The molecule has 1 aromatic heterocycles. The molecule has 2 aromatic rings. The van der Waals surface area contributed by atoms with Crippen molar-refractivity contribution in [2.75, 3.05) is 0 Å². The molecule has 0 amide bonds. The minimum atomic E-state index is -1.15. The highest BCUT2D eigenvalue weighted by molar-refractivity contribution is 5.74. The van der Waals surface area contributed by atoms with Gasteiger partial charge in [-0.15, -0.1) is 5.10 Å². The molecule has 0 fully saturated rings. The second-order valence-corrected chi connectivity index (χ2v) is 6.63. The zero-order valence-electron chi connectivity index (χ0n) is 15.1. The molecule has 0 saturated heterocycles. The van der Waals surface area contributed by atoms with Crippen molar-refractivity contribution < 1.29 is 19.7 Å². The van der Waals surface area contributed by atoms with Crippen LogP contribution in [0.25, 0.3) is 0 Å². The minimum absolute atomic E-state index is 0.106. The lowest BCUT2D eigenvalue weighted by Gasteiger charge is -2.31. The molecular weight excluding hydrogens is 322 g/mol. The molecule has 0 aliphatic carbocycles. The Balaban J connectivity index is 2.31. The lowest BCUT2D eigenvalue weighted by molar-refractivity contribution is -0.158. The van der Waals surface area contributed by atoms with E-state index in [-0.39, 0.29) is 13.2 Å². The first-order valence-electron chi connectivity index (χ1n) is 8.23. The Hall–Kier alpha value is -2.25. The average Bonchev–Trinajstić information content (AvgIpc) is 3.04. The highest BCUT2D eigenvalue weighted by Crippen LogP contribution is 2.38. The molecule has 0 bridgehead atoms. The Morgan fingerprint density at radius 3 is 2.68 bits per heavy atom. The van der Waals surface area contributed by atoms with Crippen LogP contribution in [0.4, 0.5) is 0 Å². The van der Waals surface area contributed by atoms with Gasteiger partial charge in [0.15, 0.2) is 0 Å². The Bertz CT molecular complexity index is 740. The lowest BCUT2D eigenvalue weighted by atomic mass is 9.82. The maximum Gasteiger partial charge on any atom is 0.312 e. The summed E-state index contributed by atoms with van der Waals surface area (Å²) in [5, 5.41) is 27.1. The third-order valence-electron chi connectivity index (χ3n) is 4.36. The van der Waals surface area contributed by atoms with E-state index in [0.717, 1.165) is 11.1 Å². The number of carboxylic acids is 1. The molecule has 1 atom stereocenters. The third kappa shape index (κ3) is 4.24. The van der Waals surface area contributed by atoms with Gasteiger partial charge in [-0.3, -0.25) is 9.48 Å². The molecule has 1 heterocycles. The zero-order valence-corrected chi connectivity index (χ0v) is 15.1. The van der Waals surface area contributed by atoms with Crippen molar-refractivity contribution in [3.63, 3.8) is 0 Å². The van der Waals surface area contributed by atoms with Gasteiger partial charge in [-0.05, 0) is 44.4 Å². The number of hydrogen-bond acceptors (Lipinski definition) is 5. The molecule has 2 rings (SSSR count). The summed E-state index contributed by atoms with van der Waals surface area (Å²) >= 11 is 0. The van der Waals surface area contributed by atoms with E-state index in [1.54, 1.807) is 30.8 Å². The van der Waals surface area contributed by atoms with Crippen LogP contribution >= 0.6 is 0 Å². The number of nitrogens with zero attached hydrogens (tertiary/aromatic N) is 3. The van der Waals surface area contributed by atoms with Crippen LogP contribution in [0.1, 0.15) is 49.3 Å². The number of aromatic nitrogens is 3. The largest absolute Gasteiger partial charge is 0.481 e. The van der Waals surface area contributed by atoms with Gasteiger partial charge >= 0.3 is 5.97 Å². The first-order valence-corrected chi connectivity index (χ1v) is 8.23. The topological polar surface area (TPSA) is 97.5 Å². The van der Waals surface area contributed by atoms with Gasteiger partial charge in [-0.25, -0.2) is 0 Å². The smallest absolute Gasteiger partial charge is 0.312 e. The zero-order chi connectivity index (χ0) is 18.6. The van der Waals surface area contributed by atoms with Crippen LogP contribution in [0.3, 0.4) is 0 Å². The number of ether oxygens (including phenoxy) is 1. The molecule has 1 unspecified atom stereocenters. The Kier molecular flexibility index (Phi) is 5.92. The number of aryl methyl sites for hydroxylation is 2. The fourth-order valence-electron chi connectivity index (χ4n) is 2.59. The van der Waals surface area contributed by atoms with E-state index in [2.05, 4.69) is 10.3 Å². The van der Waals surface area contributed by atoms with Crippen molar-refractivity contribution >= 4 is 5.97 Å². The predicted molar refractivity (Wildman–Crippen MR) is 91.7 cm³/mol. The van der Waals surface area contributed by atoms with Crippen molar-refractivity contribution in [3.05, 3.63) is 46.8 Å². The molecule has 7 nitrogen and oxygen atoms in total. The summed E-state index contributed by atoms with van der Waals surface area (Å²) in [6.45, 7) is 7.86. The molecule has 2 N–H and O–H groups in total. The summed E-state index contributed by atoms with van der Waals surface area (Å²) in [6.07, 6.45) is 1.08. The molecule has 0 spiro atoms. The monoisotopic (exact) mass is 347 g/mol. The summed E-state index contributed by atoms with van der Waals surface area (Å²) in [5.74, 6) is -0.958. The highest BCUT2D eigenvalue weighted by Gasteiger charge is 2.39. The fourth-order valence-corrected chi connectivity index (χ4v) is 2.59. The molecule has 0 aliphatic rings. The quantitative estimate of drug-likeness (QED) is 0.761. The number of hydrogen-bond donors (Lipinski definition) is 2. The maximum absolute atomic E-state index is 11.8. The molecule has 136 valence electrons. The predicted octanol–water partition coefficient (Wildman–Crippen LogP) is 2.47. The van der Waals surface area contributed by atoms with E-state index in [4.69, 9.17) is 4.74 Å². The number of benzene rings is 1. The molecule has 25 heavy (non-hydrogen) atoms. The molecular formula is C18H25N3O4. The molecule has 0 saturated carbocycles. The van der Waals surface area contributed by atoms with Crippen molar-refractivity contribution in [1.82, 2.24) is 15.0 Å². The van der Waals surface area contributed by atoms with Crippen molar-refractivity contribution in [3.8, 4) is 0 Å². The number of rotatable bonds is 8. The van der Waals surface area contributed by atoms with Crippen LogP contribution in [-0.2, 0) is 29.3 Å². The Morgan fingerprint density at radius 1 is 1.40 bits per heavy atom. The molecule has 1 aromatic carbocycles. The van der Waals surface area contributed by atoms with Crippen LogP contribution < -0.4 is 0 Å². The van der Waals surface area contributed by atoms with Gasteiger partial charge in [-0.2, -0.15) is 0 Å². The van der Waals surface area contributed by atoms with Gasteiger partial charge in [0, 0.05) is 6.54 Å². The van der Waals surface area contributed by atoms with Gasteiger partial charge in [-0.1, -0.05) is 23.4 Å². The van der Waals surface area contributed by atoms with E-state index in [9.17, 15) is 15.0 Å². The lowest BCUT2D eigenvalue weighted by Crippen LogP contribution is -2.33. The van der Waals surface area contributed by atoms with Gasteiger partial charge < -0.3 is 14.9 Å². The first kappa shape index (κ1) is 19.1. The fraction of sp³-hybridized carbons (Fsp3) is 0.500. The summed E-state index contributed by atoms with van der Waals surface area (Å²) < 4.78 is 7.65. The second-order valence-electron chi connectivity index (χ2n) is 6.63. The van der Waals surface area contributed by atoms with Crippen LogP contribution in [-0.4, -0.2) is 31.2 Å². The minimum Gasteiger partial charge on any atom is -0.481 e. The second kappa shape index (κ2) is 7.76. The van der Waals surface area contributed by atoms with E-state index in [0.29, 0.717) is 17.8 Å². The summed E-state index contributed by atoms with van der Waals surface area (Å²) in [6, 6.07) is 5.50. The van der Waals surface area contributed by atoms with Crippen molar-refractivity contribution in [1.29, 1.82) is 0 Å². The van der Waals surface area contributed by atoms with Crippen LogP contribution in [0.2, 0.25) is 0 Å². The maximum atomic E-state index is 11.8. The summed E-state index contributed by atoms with van der Waals surface area (Å²) in [7, 11) is 0.